The van der Waals surface area contributed by atoms with Crippen LogP contribution < -0.4 is 9.80 Å². The molecule has 0 aliphatic carbocycles. The maximum Gasteiger partial charge on any atom is 0.159 e. The lowest BCUT2D eigenvalue weighted by atomic mass is 9.91. The summed E-state index contributed by atoms with van der Waals surface area (Å²) in [6.45, 7) is 8.47. The van der Waals surface area contributed by atoms with Gasteiger partial charge in [-0.1, -0.05) is 158 Å². The van der Waals surface area contributed by atoms with Gasteiger partial charge in [0.15, 0.2) is 22.3 Å². The number of hydrogen-bond donors (Lipinski definition) is 0. The minimum absolute atomic E-state index is 0.814. The molecule has 0 saturated heterocycles. The van der Waals surface area contributed by atoms with Crippen molar-refractivity contribution in [1.29, 1.82) is 0 Å². The Hall–Kier alpha value is -9.52. The average Bonchev–Trinajstić information content (AvgIpc) is 4.23. The van der Waals surface area contributed by atoms with Crippen LogP contribution in [0.4, 0.5) is 34.1 Å². The summed E-state index contributed by atoms with van der Waals surface area (Å²) in [5, 5.41) is 15.4. The van der Waals surface area contributed by atoms with Gasteiger partial charge >= 0.3 is 0 Å². The molecule has 74 heavy (non-hydrogen) atoms. The van der Waals surface area contributed by atoms with Gasteiger partial charge in [-0.15, -0.1) is 0 Å². The van der Waals surface area contributed by atoms with Crippen LogP contribution in [0.15, 0.2) is 212 Å². The number of fused-ring (bicyclic) bond motifs is 12. The molecule has 6 heteroatoms. The lowest BCUT2D eigenvalue weighted by Gasteiger charge is -2.29. The summed E-state index contributed by atoms with van der Waals surface area (Å²) in [6.07, 6.45) is 0. The lowest BCUT2D eigenvalue weighted by Crippen LogP contribution is -2.12. The number of aryl methyl sites for hydroxylation is 4. The van der Waals surface area contributed by atoms with Gasteiger partial charge in [-0.2, -0.15) is 0 Å². The van der Waals surface area contributed by atoms with E-state index in [-0.39, 0.29) is 0 Å². The maximum absolute atomic E-state index is 7.00. The first kappa shape index (κ1) is 41.1. The minimum atomic E-state index is 0.814. The number of para-hydroxylation sites is 8. The van der Waals surface area contributed by atoms with Crippen molar-refractivity contribution < 1.29 is 17.7 Å². The highest BCUT2D eigenvalue weighted by molar-refractivity contribution is 6.29. The summed E-state index contributed by atoms with van der Waals surface area (Å²) in [7, 11) is 0. The Labute approximate surface area is 423 Å². The Morgan fingerprint density at radius 2 is 0.459 bits per heavy atom. The topological polar surface area (TPSA) is 59.0 Å². The fourth-order valence-electron chi connectivity index (χ4n) is 12.4. The molecule has 0 aliphatic rings. The number of anilines is 6. The summed E-state index contributed by atoms with van der Waals surface area (Å²) in [5.74, 6) is 0. The highest BCUT2D eigenvalue weighted by atomic mass is 16.3. The molecule has 4 heterocycles. The van der Waals surface area contributed by atoms with Crippen molar-refractivity contribution in [3.8, 4) is 0 Å². The fourth-order valence-corrected chi connectivity index (χ4v) is 12.4. The molecule has 0 fully saturated rings. The van der Waals surface area contributed by atoms with Crippen LogP contribution in [-0.2, 0) is 0 Å². The summed E-state index contributed by atoms with van der Waals surface area (Å²) in [4.78, 5) is 4.74. The summed E-state index contributed by atoms with van der Waals surface area (Å²) < 4.78 is 28.0. The van der Waals surface area contributed by atoms with Gasteiger partial charge in [-0.05, 0) is 108 Å². The second-order valence-corrected chi connectivity index (χ2v) is 20.1. The van der Waals surface area contributed by atoms with Crippen molar-refractivity contribution in [3.05, 3.63) is 216 Å². The molecule has 0 spiro atoms. The smallest absolute Gasteiger partial charge is 0.159 e. The van der Waals surface area contributed by atoms with E-state index >= 15 is 0 Å². The molecule has 16 rings (SSSR count). The highest BCUT2D eigenvalue weighted by Gasteiger charge is 2.29. The van der Waals surface area contributed by atoms with E-state index in [0.29, 0.717) is 0 Å². The number of rotatable bonds is 6. The van der Waals surface area contributed by atoms with Gasteiger partial charge in [0.2, 0.25) is 0 Å². The molecule has 0 saturated carbocycles. The largest absolute Gasteiger partial charge is 0.454 e. The van der Waals surface area contributed by atoms with Crippen molar-refractivity contribution >= 4 is 154 Å². The molecule has 0 amide bonds. The second-order valence-electron chi connectivity index (χ2n) is 20.1. The van der Waals surface area contributed by atoms with Gasteiger partial charge in [-0.3, -0.25) is 0 Å². The monoisotopic (exact) mass is 952 g/mol. The number of nitrogens with zero attached hydrogens (tertiary/aromatic N) is 2. The molecule has 0 aliphatic heterocycles. The molecule has 0 atom stereocenters. The van der Waals surface area contributed by atoms with Crippen LogP contribution in [0.2, 0.25) is 0 Å². The molecule has 0 bridgehead atoms. The molecule has 0 radical (unpaired) electrons. The number of hydrogen-bond acceptors (Lipinski definition) is 6. The van der Waals surface area contributed by atoms with Crippen LogP contribution in [0.3, 0.4) is 0 Å². The third-order valence-corrected chi connectivity index (χ3v) is 15.9. The molecule has 0 N–H and O–H groups in total. The second kappa shape index (κ2) is 15.0. The molecular formula is C68H44N2O4. The molecular weight excluding hydrogens is 909 g/mol. The Morgan fingerprint density at radius 3 is 0.743 bits per heavy atom. The Bertz CT molecular complexity index is 4490. The normalized spacial score (nSPS) is 12.3. The molecule has 12 aromatic carbocycles. The van der Waals surface area contributed by atoms with E-state index < -0.39 is 0 Å². The summed E-state index contributed by atoms with van der Waals surface area (Å²) in [6, 6.07) is 69.8. The van der Waals surface area contributed by atoms with E-state index in [4.69, 9.17) is 17.7 Å². The number of furan rings is 4. The Balaban J connectivity index is 1.00. The molecule has 16 aromatic rings. The van der Waals surface area contributed by atoms with Crippen LogP contribution in [0.5, 0.6) is 0 Å². The van der Waals surface area contributed by atoms with E-state index in [2.05, 4.69) is 232 Å². The average molecular weight is 953 g/mol. The predicted molar refractivity (Wildman–Crippen MR) is 308 cm³/mol. The maximum atomic E-state index is 7.00. The fraction of sp³-hybridized carbons (Fsp3) is 0.0588. The van der Waals surface area contributed by atoms with Crippen LogP contribution in [0.25, 0.3) is 120 Å². The van der Waals surface area contributed by atoms with Gasteiger partial charge in [0.1, 0.15) is 22.3 Å². The van der Waals surface area contributed by atoms with Crippen molar-refractivity contribution in [2.24, 2.45) is 0 Å². The molecule has 0 unspecified atom stereocenters. The van der Waals surface area contributed by atoms with Crippen LogP contribution in [-0.4, -0.2) is 0 Å². The Morgan fingerprint density at radius 1 is 0.216 bits per heavy atom. The van der Waals surface area contributed by atoms with Gasteiger partial charge in [0, 0.05) is 53.9 Å². The highest BCUT2D eigenvalue weighted by Crippen LogP contribution is 2.53. The predicted octanol–water partition coefficient (Wildman–Crippen LogP) is 20.4. The van der Waals surface area contributed by atoms with E-state index in [1.807, 2.05) is 0 Å². The lowest BCUT2D eigenvalue weighted by molar-refractivity contribution is 0.662. The van der Waals surface area contributed by atoms with Gasteiger partial charge in [-0.25, -0.2) is 0 Å². The minimum Gasteiger partial charge on any atom is -0.454 e. The van der Waals surface area contributed by atoms with E-state index in [9.17, 15) is 0 Å². The van der Waals surface area contributed by atoms with Gasteiger partial charge in [0.05, 0.1) is 34.1 Å². The standard InChI is InChI=1S/C68H44N2O4/c1-37-13-5-17-43-47-21-9-25-55(65(47)71-61(37)43)69(56-26-10-22-48-44-18-6-14-38(2)62(44)72-66(48)56)53-35-31-41-30-34-52-54(36-32-42-29-33-51(53)59(41)60(42)52)70(57-27-11-23-49-45-19-7-15-39(3)63(45)73-67(49)57)58-28-12-24-50-46-20-8-16-40(4)64(46)74-68(50)58/h5-36H,1-4H3. The van der Waals surface area contributed by atoms with Crippen LogP contribution in [0.1, 0.15) is 22.3 Å². The zero-order valence-electron chi connectivity index (χ0n) is 41.0. The van der Waals surface area contributed by atoms with E-state index in [0.717, 1.165) is 166 Å². The molecule has 6 nitrogen and oxygen atoms in total. The van der Waals surface area contributed by atoms with Crippen molar-refractivity contribution in [2.75, 3.05) is 9.80 Å². The number of benzene rings is 12. The zero-order valence-corrected chi connectivity index (χ0v) is 41.0. The van der Waals surface area contributed by atoms with E-state index in [1.165, 1.54) is 10.8 Å². The van der Waals surface area contributed by atoms with Crippen molar-refractivity contribution in [2.45, 2.75) is 27.7 Å². The summed E-state index contributed by atoms with van der Waals surface area (Å²) in [5.41, 5.74) is 16.9. The zero-order chi connectivity index (χ0) is 49.1. The molecule has 350 valence electrons. The Kier molecular flexibility index (Phi) is 8.34. The quantitative estimate of drug-likeness (QED) is 0.155. The van der Waals surface area contributed by atoms with Crippen LogP contribution >= 0.6 is 0 Å². The first-order chi connectivity index (χ1) is 36.4. The van der Waals surface area contributed by atoms with Gasteiger partial charge in [0.25, 0.3) is 0 Å². The summed E-state index contributed by atoms with van der Waals surface area (Å²) >= 11 is 0. The first-order valence-electron chi connectivity index (χ1n) is 25.3. The first-order valence-corrected chi connectivity index (χ1v) is 25.3. The van der Waals surface area contributed by atoms with Gasteiger partial charge < -0.3 is 27.5 Å². The third-order valence-electron chi connectivity index (χ3n) is 15.9. The molecule has 4 aromatic heterocycles. The van der Waals surface area contributed by atoms with Crippen molar-refractivity contribution in [1.82, 2.24) is 0 Å². The third kappa shape index (κ3) is 5.54. The SMILES string of the molecule is Cc1cccc2c1oc1c(N(c3ccc4ccc5c(N(c6cccc7c6oc6c(C)cccc67)c6cccc7c6oc6c(C)cccc67)ccc6ccc3c4c65)c3cccc4c3oc3c(C)cccc34)cccc12. The van der Waals surface area contributed by atoms with Crippen molar-refractivity contribution in [3.63, 3.8) is 0 Å². The van der Waals surface area contributed by atoms with E-state index in [1.54, 1.807) is 0 Å². The van der Waals surface area contributed by atoms with Crippen LogP contribution in [0, 0.1) is 27.7 Å².